The molecular weight excluding hydrogens is 400 g/mol. The van der Waals surface area contributed by atoms with Crippen LogP contribution >= 0.6 is 0 Å². The molecule has 0 unspecified atom stereocenters. The van der Waals surface area contributed by atoms with Crippen LogP contribution < -0.4 is 10.2 Å². The van der Waals surface area contributed by atoms with E-state index in [0.29, 0.717) is 44.6 Å². The summed E-state index contributed by atoms with van der Waals surface area (Å²) in [7, 11) is 0. The summed E-state index contributed by atoms with van der Waals surface area (Å²) in [6.45, 7) is 16.0. The van der Waals surface area contributed by atoms with E-state index in [2.05, 4.69) is 70.6 Å². The van der Waals surface area contributed by atoms with Gasteiger partial charge in [0.15, 0.2) is 0 Å². The topological polar surface area (TPSA) is 59.5 Å². The molecule has 168 valence electrons. The third kappa shape index (κ3) is 6.31. The van der Waals surface area contributed by atoms with Gasteiger partial charge >= 0.3 is 0 Å². The SMILES string of the molecule is C=C(NCCOCCN(CC)c1ncc(C(=C)OCC)cn1)c1ccc2ccccc2c1. The highest BCUT2D eigenvalue weighted by atomic mass is 16.5. The Kier molecular flexibility index (Phi) is 8.63. The molecule has 3 aromatic rings. The summed E-state index contributed by atoms with van der Waals surface area (Å²) in [6.07, 6.45) is 3.48. The highest BCUT2D eigenvalue weighted by molar-refractivity contribution is 5.85. The molecule has 0 aliphatic rings. The van der Waals surface area contributed by atoms with Crippen LogP contribution in [0.2, 0.25) is 0 Å². The van der Waals surface area contributed by atoms with Gasteiger partial charge in [-0.3, -0.25) is 0 Å². The molecule has 0 atom stereocenters. The highest BCUT2D eigenvalue weighted by Gasteiger charge is 2.09. The van der Waals surface area contributed by atoms with Crippen LogP contribution in [0.3, 0.4) is 0 Å². The molecule has 6 nitrogen and oxygen atoms in total. The van der Waals surface area contributed by atoms with Crippen molar-refractivity contribution in [3.8, 4) is 0 Å². The summed E-state index contributed by atoms with van der Waals surface area (Å²) in [5.41, 5.74) is 2.78. The van der Waals surface area contributed by atoms with Crippen molar-refractivity contribution >= 4 is 28.2 Å². The molecule has 0 amide bonds. The van der Waals surface area contributed by atoms with Crippen LogP contribution in [-0.4, -0.2) is 49.4 Å². The van der Waals surface area contributed by atoms with Crippen molar-refractivity contribution in [1.29, 1.82) is 0 Å². The van der Waals surface area contributed by atoms with Gasteiger partial charge < -0.3 is 19.7 Å². The maximum absolute atomic E-state index is 5.80. The van der Waals surface area contributed by atoms with Gasteiger partial charge in [0, 0.05) is 37.7 Å². The number of rotatable bonds is 13. The van der Waals surface area contributed by atoms with Crippen molar-refractivity contribution in [2.24, 2.45) is 0 Å². The minimum Gasteiger partial charge on any atom is -0.494 e. The molecule has 1 aromatic heterocycles. The van der Waals surface area contributed by atoms with E-state index in [9.17, 15) is 0 Å². The Hall–Kier alpha value is -3.38. The fourth-order valence-corrected chi connectivity index (χ4v) is 3.32. The highest BCUT2D eigenvalue weighted by Crippen LogP contribution is 2.19. The molecule has 0 bridgehead atoms. The molecule has 32 heavy (non-hydrogen) atoms. The third-order valence-corrected chi connectivity index (χ3v) is 5.13. The van der Waals surface area contributed by atoms with Crippen molar-refractivity contribution in [3.63, 3.8) is 0 Å². The zero-order chi connectivity index (χ0) is 22.8. The summed E-state index contributed by atoms with van der Waals surface area (Å²) < 4.78 is 11.2. The Morgan fingerprint density at radius 3 is 2.44 bits per heavy atom. The minimum absolute atomic E-state index is 0.573. The Balaban J connectivity index is 1.39. The first-order chi connectivity index (χ1) is 15.6. The van der Waals surface area contributed by atoms with E-state index in [-0.39, 0.29) is 0 Å². The van der Waals surface area contributed by atoms with Gasteiger partial charge in [-0.15, -0.1) is 0 Å². The first kappa shape index (κ1) is 23.3. The Morgan fingerprint density at radius 2 is 1.72 bits per heavy atom. The molecule has 2 aromatic carbocycles. The lowest BCUT2D eigenvalue weighted by atomic mass is 10.1. The van der Waals surface area contributed by atoms with Crippen molar-refractivity contribution in [3.05, 3.63) is 79.1 Å². The van der Waals surface area contributed by atoms with E-state index in [1.54, 1.807) is 12.4 Å². The second-order valence-corrected chi connectivity index (χ2v) is 7.29. The molecular formula is C26H32N4O2. The second kappa shape index (κ2) is 11.9. The van der Waals surface area contributed by atoms with Gasteiger partial charge in [-0.2, -0.15) is 0 Å². The summed E-state index contributed by atoms with van der Waals surface area (Å²) in [4.78, 5) is 11.0. The molecule has 0 saturated carbocycles. The van der Waals surface area contributed by atoms with Crippen molar-refractivity contribution < 1.29 is 9.47 Å². The summed E-state index contributed by atoms with van der Waals surface area (Å²) >= 11 is 0. The second-order valence-electron chi connectivity index (χ2n) is 7.29. The van der Waals surface area contributed by atoms with Gasteiger partial charge in [-0.25, -0.2) is 9.97 Å². The van der Waals surface area contributed by atoms with Crippen LogP contribution in [-0.2, 0) is 9.47 Å². The number of aromatic nitrogens is 2. The van der Waals surface area contributed by atoms with E-state index in [0.717, 1.165) is 23.4 Å². The van der Waals surface area contributed by atoms with E-state index >= 15 is 0 Å². The summed E-state index contributed by atoms with van der Waals surface area (Å²) in [6, 6.07) is 14.7. The third-order valence-electron chi connectivity index (χ3n) is 5.13. The Labute approximate surface area is 190 Å². The predicted octanol–water partition coefficient (Wildman–Crippen LogP) is 4.74. The maximum Gasteiger partial charge on any atom is 0.225 e. The summed E-state index contributed by atoms with van der Waals surface area (Å²) in [5, 5.41) is 5.78. The number of fused-ring (bicyclic) bond motifs is 1. The van der Waals surface area contributed by atoms with Gasteiger partial charge in [0.1, 0.15) is 5.76 Å². The van der Waals surface area contributed by atoms with Crippen molar-refractivity contribution in [2.75, 3.05) is 44.4 Å². The van der Waals surface area contributed by atoms with Gasteiger partial charge in [0.25, 0.3) is 0 Å². The molecule has 0 aliphatic carbocycles. The monoisotopic (exact) mass is 432 g/mol. The molecule has 0 spiro atoms. The normalized spacial score (nSPS) is 10.7. The number of hydrogen-bond acceptors (Lipinski definition) is 6. The molecule has 1 heterocycles. The molecule has 1 N–H and O–H groups in total. The number of hydrogen-bond donors (Lipinski definition) is 1. The molecule has 0 radical (unpaired) electrons. The maximum atomic E-state index is 5.80. The fraction of sp³-hybridized carbons (Fsp3) is 0.308. The van der Waals surface area contributed by atoms with Crippen LogP contribution in [0.5, 0.6) is 0 Å². The number of nitrogens with one attached hydrogen (secondary N) is 1. The molecule has 0 saturated heterocycles. The van der Waals surface area contributed by atoms with Gasteiger partial charge in [0.2, 0.25) is 5.95 Å². The van der Waals surface area contributed by atoms with Crippen LogP contribution in [0.15, 0.2) is 68.0 Å². The first-order valence-electron chi connectivity index (χ1n) is 11.0. The van der Waals surface area contributed by atoms with E-state index in [1.165, 1.54) is 10.8 Å². The smallest absolute Gasteiger partial charge is 0.225 e. The zero-order valence-corrected chi connectivity index (χ0v) is 19.0. The van der Waals surface area contributed by atoms with E-state index in [1.807, 2.05) is 19.1 Å². The quantitative estimate of drug-likeness (QED) is 0.311. The molecule has 6 heteroatoms. The molecule has 3 rings (SSSR count). The van der Waals surface area contributed by atoms with Gasteiger partial charge in [0.05, 0.1) is 25.4 Å². The fourth-order valence-electron chi connectivity index (χ4n) is 3.32. The van der Waals surface area contributed by atoms with E-state index < -0.39 is 0 Å². The average molecular weight is 433 g/mol. The largest absolute Gasteiger partial charge is 0.494 e. The molecule has 0 fully saturated rings. The number of likely N-dealkylation sites (N-methyl/N-ethyl adjacent to an activating group) is 1. The van der Waals surface area contributed by atoms with Crippen molar-refractivity contribution in [2.45, 2.75) is 13.8 Å². The lowest BCUT2D eigenvalue weighted by molar-refractivity contribution is 0.144. The van der Waals surface area contributed by atoms with Crippen LogP contribution in [0, 0.1) is 0 Å². The standard InChI is InChI=1S/C26H32N4O2/c1-5-30(26-28-18-25(19-29-26)21(4)32-6-2)14-16-31-15-13-27-20(3)23-12-11-22-9-7-8-10-24(22)17-23/h7-12,17-19,27H,3-6,13-16H2,1-2H3. The minimum atomic E-state index is 0.573. The summed E-state index contributed by atoms with van der Waals surface area (Å²) in [5.74, 6) is 1.26. The number of anilines is 1. The lowest BCUT2D eigenvalue weighted by Gasteiger charge is -2.21. The predicted molar refractivity (Wildman–Crippen MR) is 132 cm³/mol. The Bertz CT molecular complexity index is 1030. The number of benzene rings is 2. The van der Waals surface area contributed by atoms with Crippen molar-refractivity contribution in [1.82, 2.24) is 15.3 Å². The molecule has 0 aliphatic heterocycles. The number of nitrogens with zero attached hydrogens (tertiary/aromatic N) is 3. The van der Waals surface area contributed by atoms with E-state index in [4.69, 9.17) is 9.47 Å². The lowest BCUT2D eigenvalue weighted by Crippen LogP contribution is -2.29. The average Bonchev–Trinajstić information content (AvgIpc) is 2.83. The van der Waals surface area contributed by atoms with Gasteiger partial charge in [-0.1, -0.05) is 49.6 Å². The van der Waals surface area contributed by atoms with Crippen LogP contribution in [0.4, 0.5) is 5.95 Å². The van der Waals surface area contributed by atoms with Crippen LogP contribution in [0.25, 0.3) is 22.2 Å². The van der Waals surface area contributed by atoms with Crippen LogP contribution in [0.1, 0.15) is 25.0 Å². The van der Waals surface area contributed by atoms with Gasteiger partial charge in [-0.05, 0) is 36.2 Å². The number of ether oxygens (including phenoxy) is 2. The Morgan fingerprint density at radius 1 is 0.969 bits per heavy atom. The zero-order valence-electron chi connectivity index (χ0n) is 19.0. The first-order valence-corrected chi connectivity index (χ1v) is 11.0.